The van der Waals surface area contributed by atoms with E-state index in [1.165, 1.54) is 237 Å². The molecule has 4 fully saturated rings. The Morgan fingerprint density at radius 3 is 0.916 bits per heavy atom. The molecule has 0 N–H and O–H groups in total. The van der Waals surface area contributed by atoms with Crippen LogP contribution >= 0.6 is 0 Å². The van der Waals surface area contributed by atoms with E-state index < -0.39 is 0 Å². The summed E-state index contributed by atoms with van der Waals surface area (Å²) in [5.41, 5.74) is 37.9. The molecule has 732 valence electrons. The maximum Gasteiger partial charge on any atom is 0.120 e. The van der Waals surface area contributed by atoms with E-state index in [2.05, 4.69) is 367 Å². The molecule has 14 aromatic carbocycles. The summed E-state index contributed by atoms with van der Waals surface area (Å²) in [6.07, 6.45) is 37.2. The fourth-order valence-corrected chi connectivity index (χ4v) is 22.5. The number of hydrogen-bond acceptors (Lipinski definition) is 5. The van der Waals surface area contributed by atoms with Crippen LogP contribution in [0, 0.1) is 38.1 Å². The molecule has 0 atom stereocenters. The van der Waals surface area contributed by atoms with Gasteiger partial charge in [0.1, 0.15) is 5.58 Å². The van der Waals surface area contributed by atoms with Crippen molar-refractivity contribution in [3.8, 4) is 124 Å². The number of imidazole rings is 4. The number of fused-ring (bicyclic) bond motifs is 3. The summed E-state index contributed by atoms with van der Waals surface area (Å²) in [7, 11) is 0. The van der Waals surface area contributed by atoms with Gasteiger partial charge in [0.2, 0.25) is 0 Å². The number of furan rings is 1. The van der Waals surface area contributed by atoms with Crippen molar-refractivity contribution in [2.45, 2.75) is 219 Å². The predicted molar refractivity (Wildman–Crippen MR) is 576 cm³/mol. The summed E-state index contributed by atoms with van der Waals surface area (Å²) in [5.74, 6) is 7.71. The first-order valence-electron chi connectivity index (χ1n) is 51.1. The standard InChI is InChI=1S/C33H29N2O.C33H35N2.C33H31N2.C31H31N2.4Ir/c1-21(2)27-19-25(23-10-6-5-7-11-23)20-28(22(3)4)32(27)35-17-16-34-33(35)24-14-15-31-29(18-24)26-12-8-9-13-30(26)36-31;1-23-18-24(2)20-28(19-23)29-21-30(25-10-6-7-11-25)32(31(22-29)26-12-8-9-13-26)35-17-16-34-33(35)27-14-4-3-5-15-27;1-23(2)30-21-29(26-14-9-6-10-15-26)22-31(24(3)4)32(30)35-19-18-34-33(35)28-17-11-16-27(20-28)25-12-7-5-8-13-25;1-3-11-23(12-4-1)27-21-28(24-13-7-8-14-24)30(29(22-27)25-15-9-10-16-25)33-20-19-32-31(33)26-17-5-2-6-18-26;;;;/h5-13,15-22H,1-4H3;3-5,14,16-22,25-26H,6-13H2,1-2H3;5-16,18-24H,1-4H3;1-6,11-12,17,19-22,24-25H,7-10,13-16H2;;;;/q4*-1;;;;. The molecule has 0 spiro atoms. The fourth-order valence-electron chi connectivity index (χ4n) is 22.5. The normalized spacial score (nSPS) is 13.8. The number of aryl methyl sites for hydroxylation is 2. The molecule has 9 nitrogen and oxygen atoms in total. The second-order valence-corrected chi connectivity index (χ2v) is 40.1. The Bertz CT molecular complexity index is 7280. The number of nitrogens with zero attached hydrogens (tertiary/aromatic N) is 8. The van der Waals surface area contributed by atoms with Crippen molar-refractivity contribution in [2.75, 3.05) is 0 Å². The summed E-state index contributed by atoms with van der Waals surface area (Å²) in [5, 5.41) is 2.19. The molecule has 0 amide bonds. The van der Waals surface area contributed by atoms with Gasteiger partial charge in [-0.05, 0) is 262 Å². The minimum atomic E-state index is 0. The minimum Gasteiger partial charge on any atom is -0.500 e. The average molecular weight is 2590 g/mol. The zero-order chi connectivity index (χ0) is 95.0. The summed E-state index contributed by atoms with van der Waals surface area (Å²) < 4.78 is 15.3. The van der Waals surface area contributed by atoms with Crippen LogP contribution in [0.15, 0.2) is 345 Å². The Morgan fingerprint density at radius 2 is 0.559 bits per heavy atom. The second-order valence-electron chi connectivity index (χ2n) is 40.1. The Kier molecular flexibility index (Phi) is 34.9. The van der Waals surface area contributed by atoms with E-state index in [-0.39, 0.29) is 80.4 Å². The average Bonchev–Trinajstić information content (AvgIpc) is 1.66. The Labute approximate surface area is 900 Å². The van der Waals surface area contributed by atoms with E-state index >= 15 is 0 Å². The van der Waals surface area contributed by atoms with Gasteiger partial charge in [0.15, 0.2) is 0 Å². The molecule has 4 saturated carbocycles. The molecule has 4 aliphatic carbocycles. The Hall–Kier alpha value is -11.7. The predicted octanol–water partition coefficient (Wildman–Crippen LogP) is 35.3. The van der Waals surface area contributed by atoms with Crippen LogP contribution in [-0.2, 0) is 80.4 Å². The largest absolute Gasteiger partial charge is 0.500 e. The molecular weight excluding hydrogens is 2460 g/mol. The monoisotopic (exact) mass is 2590 g/mol. The molecule has 0 saturated heterocycles. The van der Waals surface area contributed by atoms with Gasteiger partial charge in [0, 0.05) is 158 Å². The first-order valence-corrected chi connectivity index (χ1v) is 51.1. The number of aromatic nitrogens is 8. The van der Waals surface area contributed by atoms with Crippen molar-refractivity contribution in [3.05, 3.63) is 421 Å². The minimum absolute atomic E-state index is 0. The second kappa shape index (κ2) is 47.9. The summed E-state index contributed by atoms with van der Waals surface area (Å²) in [6, 6.07) is 118. The summed E-state index contributed by atoms with van der Waals surface area (Å²) in [6.45, 7) is 22.6. The van der Waals surface area contributed by atoms with Crippen LogP contribution < -0.4 is 0 Å². The van der Waals surface area contributed by atoms with E-state index in [9.17, 15) is 0 Å². The first-order chi connectivity index (χ1) is 68.1. The number of benzene rings is 14. The Balaban J connectivity index is 0.000000136. The molecule has 5 aromatic heterocycles. The van der Waals surface area contributed by atoms with Crippen molar-refractivity contribution >= 4 is 21.9 Å². The third-order valence-electron chi connectivity index (χ3n) is 29.3. The zero-order valence-electron chi connectivity index (χ0n) is 83.6. The van der Waals surface area contributed by atoms with Gasteiger partial charge in [0.25, 0.3) is 0 Å². The van der Waals surface area contributed by atoms with Gasteiger partial charge in [-0.3, -0.25) is 19.9 Å². The van der Waals surface area contributed by atoms with Crippen LogP contribution in [0.4, 0.5) is 0 Å². The molecular formula is C130H126Ir4N8O-4. The quantitative estimate of drug-likeness (QED) is 0.0669. The topological polar surface area (TPSA) is 84.4 Å². The van der Waals surface area contributed by atoms with Crippen molar-refractivity contribution in [3.63, 3.8) is 0 Å². The molecule has 13 heteroatoms. The number of para-hydroxylation sites is 1. The van der Waals surface area contributed by atoms with Crippen molar-refractivity contribution < 1.29 is 84.8 Å². The molecule has 0 bridgehead atoms. The third kappa shape index (κ3) is 22.9. The van der Waals surface area contributed by atoms with E-state index in [0.717, 1.165) is 67.5 Å². The van der Waals surface area contributed by atoms with Crippen LogP contribution in [0.5, 0.6) is 0 Å². The van der Waals surface area contributed by atoms with Crippen LogP contribution in [0.3, 0.4) is 0 Å². The fraction of sp³-hybridized carbons (Fsp3) is 0.262. The molecule has 19 aromatic rings. The maximum atomic E-state index is 6.04. The zero-order valence-corrected chi connectivity index (χ0v) is 93.2. The van der Waals surface area contributed by atoms with Gasteiger partial charge in [-0.15, -0.1) is 131 Å². The molecule has 23 rings (SSSR count). The van der Waals surface area contributed by atoms with Gasteiger partial charge in [0.05, 0.1) is 28.9 Å². The van der Waals surface area contributed by atoms with Crippen LogP contribution in [0.25, 0.3) is 146 Å². The smallest absolute Gasteiger partial charge is 0.120 e. The van der Waals surface area contributed by atoms with E-state index in [0.29, 0.717) is 47.3 Å². The van der Waals surface area contributed by atoms with Crippen molar-refractivity contribution in [1.82, 2.24) is 38.2 Å². The molecule has 5 heterocycles. The third-order valence-corrected chi connectivity index (χ3v) is 29.3. The number of hydrogen-bond donors (Lipinski definition) is 0. The molecule has 4 aliphatic rings. The Morgan fingerprint density at radius 1 is 0.259 bits per heavy atom. The molecule has 0 aliphatic heterocycles. The number of rotatable bonds is 21. The molecule has 143 heavy (non-hydrogen) atoms. The SMILES string of the molecule is CC(C)c1cc(-c2ccccc2)cc(C(C)C)c1-n1ccnc1-c1[c-]cc2oc3ccccc3c2c1.CC(C)c1cc(-c2ccccc2)cc(C(C)C)c1-n1ccnc1-c1[c-]ccc(-c2ccccc2)c1.Cc1cc(C)cc(-c2cc(C3CCCC3)c(-n3ccnc3-c3[c-]cccc3)c(C3CCCC3)c2)c1.[Ir].[Ir].[Ir].[Ir].[c-]1ccccc1-c1nccn1-c1c(C2CCCC2)cc(-c2ccccc2)cc1C1CCCC1. The van der Waals surface area contributed by atoms with Crippen molar-refractivity contribution in [1.29, 1.82) is 0 Å². The van der Waals surface area contributed by atoms with E-state index in [1.54, 1.807) is 0 Å². The van der Waals surface area contributed by atoms with E-state index in [1.807, 2.05) is 85.5 Å². The van der Waals surface area contributed by atoms with Gasteiger partial charge in [-0.1, -0.05) is 281 Å². The molecule has 4 radical (unpaired) electrons. The van der Waals surface area contributed by atoms with Gasteiger partial charge < -0.3 is 22.7 Å². The molecule has 0 unspecified atom stereocenters. The van der Waals surface area contributed by atoms with Crippen LogP contribution in [0.1, 0.15) is 261 Å². The summed E-state index contributed by atoms with van der Waals surface area (Å²) in [4.78, 5) is 19.3. The van der Waals surface area contributed by atoms with Crippen LogP contribution in [0.2, 0.25) is 0 Å². The van der Waals surface area contributed by atoms with Gasteiger partial charge in [-0.25, -0.2) is 0 Å². The van der Waals surface area contributed by atoms with Crippen LogP contribution in [-0.4, -0.2) is 38.2 Å². The summed E-state index contributed by atoms with van der Waals surface area (Å²) >= 11 is 0. The first kappa shape index (κ1) is 104. The maximum absolute atomic E-state index is 6.04. The van der Waals surface area contributed by atoms with Gasteiger partial charge >= 0.3 is 0 Å². The van der Waals surface area contributed by atoms with E-state index in [4.69, 9.17) is 24.4 Å². The van der Waals surface area contributed by atoms with Crippen molar-refractivity contribution in [2.24, 2.45) is 0 Å². The van der Waals surface area contributed by atoms with Gasteiger partial charge in [-0.2, -0.15) is 0 Å².